The number of piperidine rings is 1. The molecule has 1 N–H and O–H groups in total. The topological polar surface area (TPSA) is 53.7 Å². The molecule has 4 heteroatoms. The fourth-order valence-electron chi connectivity index (χ4n) is 2.57. The number of rotatable bonds is 3. The first-order valence-corrected chi connectivity index (χ1v) is 6.89. The number of aliphatic hydroxyl groups excluding tert-OH is 1. The van der Waals surface area contributed by atoms with E-state index in [-0.39, 0.29) is 17.4 Å². The normalized spacial score (nSPS) is 22.5. The number of nitrogens with zero attached hydrogens (tertiary/aromatic N) is 1. The Balaban J connectivity index is 1.87. The summed E-state index contributed by atoms with van der Waals surface area (Å²) in [5.74, 6) is 1.89. The number of carbonyl (C=O) groups excluding carboxylic acids is 1. The van der Waals surface area contributed by atoms with Gasteiger partial charge in [-0.2, -0.15) is 0 Å². The summed E-state index contributed by atoms with van der Waals surface area (Å²) in [6, 6.07) is 3.84. The Morgan fingerprint density at radius 3 is 2.84 bits per heavy atom. The summed E-state index contributed by atoms with van der Waals surface area (Å²) in [7, 11) is 0. The summed E-state index contributed by atoms with van der Waals surface area (Å²) < 4.78 is 5.47. The molecule has 1 unspecified atom stereocenters. The smallest absolute Gasteiger partial charge is 0.223 e. The molecular formula is C15H23NO3. The predicted octanol–water partition coefficient (Wildman–Crippen LogP) is 2.14. The van der Waals surface area contributed by atoms with Gasteiger partial charge >= 0.3 is 0 Å². The molecule has 1 aliphatic rings. The van der Waals surface area contributed by atoms with Crippen LogP contribution in [0.4, 0.5) is 0 Å². The third-order valence-electron chi connectivity index (χ3n) is 3.91. The van der Waals surface area contributed by atoms with Crippen LogP contribution in [0, 0.1) is 12.3 Å². The minimum atomic E-state index is -0.315. The standard InChI is InChI=1S/C15H23NO3/c1-11-4-5-12(19-11)6-7-14(18)16-9-8-13(17)15(2,3)10-16/h4-5,13,17H,6-10H2,1-3H3. The number of hydrogen-bond donors (Lipinski definition) is 1. The zero-order valence-electron chi connectivity index (χ0n) is 12.0. The van der Waals surface area contributed by atoms with Crippen LogP contribution in [0.3, 0.4) is 0 Å². The van der Waals surface area contributed by atoms with Gasteiger partial charge in [0.15, 0.2) is 0 Å². The average molecular weight is 265 g/mol. The third kappa shape index (κ3) is 3.38. The highest BCUT2D eigenvalue weighted by Crippen LogP contribution is 2.29. The third-order valence-corrected chi connectivity index (χ3v) is 3.91. The number of carbonyl (C=O) groups is 1. The number of amides is 1. The van der Waals surface area contributed by atoms with E-state index in [4.69, 9.17) is 4.42 Å². The second-order valence-electron chi connectivity index (χ2n) is 6.12. The molecule has 1 fully saturated rings. The first-order chi connectivity index (χ1) is 8.88. The highest BCUT2D eigenvalue weighted by atomic mass is 16.3. The van der Waals surface area contributed by atoms with Crippen molar-refractivity contribution in [2.75, 3.05) is 13.1 Å². The van der Waals surface area contributed by atoms with E-state index >= 15 is 0 Å². The molecule has 4 nitrogen and oxygen atoms in total. The summed E-state index contributed by atoms with van der Waals surface area (Å²) >= 11 is 0. The van der Waals surface area contributed by atoms with Gasteiger partial charge in [-0.25, -0.2) is 0 Å². The molecule has 0 radical (unpaired) electrons. The number of likely N-dealkylation sites (tertiary alicyclic amines) is 1. The molecule has 1 atom stereocenters. The van der Waals surface area contributed by atoms with Crippen LogP contribution in [0.1, 0.15) is 38.2 Å². The van der Waals surface area contributed by atoms with E-state index in [9.17, 15) is 9.90 Å². The molecule has 1 amide bonds. The van der Waals surface area contributed by atoms with Gasteiger partial charge in [-0.05, 0) is 25.5 Å². The van der Waals surface area contributed by atoms with Crippen molar-refractivity contribution in [3.05, 3.63) is 23.7 Å². The van der Waals surface area contributed by atoms with E-state index in [1.807, 2.05) is 37.8 Å². The van der Waals surface area contributed by atoms with Gasteiger partial charge in [0.2, 0.25) is 5.91 Å². The van der Waals surface area contributed by atoms with Crippen molar-refractivity contribution >= 4 is 5.91 Å². The molecular weight excluding hydrogens is 242 g/mol. The quantitative estimate of drug-likeness (QED) is 0.911. The maximum absolute atomic E-state index is 12.2. The maximum atomic E-state index is 12.2. The van der Waals surface area contributed by atoms with Crippen molar-refractivity contribution < 1.29 is 14.3 Å². The Morgan fingerprint density at radius 1 is 1.53 bits per heavy atom. The van der Waals surface area contributed by atoms with E-state index < -0.39 is 0 Å². The zero-order chi connectivity index (χ0) is 14.0. The first-order valence-electron chi connectivity index (χ1n) is 6.89. The molecule has 0 aliphatic carbocycles. The van der Waals surface area contributed by atoms with Crippen molar-refractivity contribution in [3.63, 3.8) is 0 Å². The van der Waals surface area contributed by atoms with Crippen LogP contribution >= 0.6 is 0 Å². The van der Waals surface area contributed by atoms with Crippen LogP contribution in [0.5, 0.6) is 0 Å². The van der Waals surface area contributed by atoms with Gasteiger partial charge in [0.1, 0.15) is 11.5 Å². The van der Waals surface area contributed by atoms with Gasteiger partial charge in [0, 0.05) is 31.3 Å². The molecule has 0 bridgehead atoms. The van der Waals surface area contributed by atoms with Gasteiger partial charge < -0.3 is 14.4 Å². The zero-order valence-corrected chi connectivity index (χ0v) is 12.0. The van der Waals surface area contributed by atoms with Gasteiger partial charge in [-0.3, -0.25) is 4.79 Å². The molecule has 106 valence electrons. The van der Waals surface area contributed by atoms with E-state index in [0.717, 1.165) is 11.5 Å². The molecule has 0 saturated carbocycles. The van der Waals surface area contributed by atoms with Crippen LogP contribution < -0.4 is 0 Å². The Bertz CT molecular complexity index is 450. The fraction of sp³-hybridized carbons (Fsp3) is 0.667. The fourth-order valence-corrected chi connectivity index (χ4v) is 2.57. The SMILES string of the molecule is Cc1ccc(CCC(=O)N2CCC(O)C(C)(C)C2)o1. The van der Waals surface area contributed by atoms with Crippen LogP contribution in [-0.4, -0.2) is 35.1 Å². The molecule has 2 heterocycles. The molecule has 0 spiro atoms. The van der Waals surface area contributed by atoms with Crippen molar-refractivity contribution in [2.45, 2.75) is 46.1 Å². The Morgan fingerprint density at radius 2 is 2.26 bits per heavy atom. The number of aliphatic hydroxyl groups is 1. The molecule has 1 saturated heterocycles. The summed E-state index contributed by atoms with van der Waals surface area (Å²) in [6.45, 7) is 7.20. The van der Waals surface area contributed by atoms with E-state index in [1.165, 1.54) is 0 Å². The Kier molecular flexibility index (Phi) is 3.99. The highest BCUT2D eigenvalue weighted by Gasteiger charge is 2.36. The lowest BCUT2D eigenvalue weighted by molar-refractivity contribution is -0.137. The number of furan rings is 1. The summed E-state index contributed by atoms with van der Waals surface area (Å²) in [6.07, 6.45) is 1.47. The van der Waals surface area contributed by atoms with Crippen molar-refractivity contribution in [3.8, 4) is 0 Å². The minimum Gasteiger partial charge on any atom is -0.466 e. The van der Waals surface area contributed by atoms with Crippen LogP contribution in [0.2, 0.25) is 0 Å². The predicted molar refractivity (Wildman–Crippen MR) is 72.8 cm³/mol. The lowest BCUT2D eigenvalue weighted by atomic mass is 9.81. The van der Waals surface area contributed by atoms with Crippen LogP contribution in [-0.2, 0) is 11.2 Å². The van der Waals surface area contributed by atoms with E-state index in [1.54, 1.807) is 0 Å². The number of aryl methyl sites for hydroxylation is 2. The minimum absolute atomic E-state index is 0.147. The van der Waals surface area contributed by atoms with Gasteiger partial charge in [0.05, 0.1) is 6.10 Å². The Hall–Kier alpha value is -1.29. The summed E-state index contributed by atoms with van der Waals surface area (Å²) in [5.41, 5.74) is -0.213. The molecule has 1 aromatic rings. The van der Waals surface area contributed by atoms with Gasteiger partial charge in [-0.15, -0.1) is 0 Å². The van der Waals surface area contributed by atoms with Crippen molar-refractivity contribution in [1.29, 1.82) is 0 Å². The molecule has 19 heavy (non-hydrogen) atoms. The second-order valence-corrected chi connectivity index (χ2v) is 6.12. The highest BCUT2D eigenvalue weighted by molar-refractivity contribution is 5.76. The monoisotopic (exact) mass is 265 g/mol. The van der Waals surface area contributed by atoms with Crippen LogP contribution in [0.15, 0.2) is 16.5 Å². The lowest BCUT2D eigenvalue weighted by Crippen LogP contribution is -2.50. The maximum Gasteiger partial charge on any atom is 0.223 e. The lowest BCUT2D eigenvalue weighted by Gasteiger charge is -2.41. The van der Waals surface area contributed by atoms with Gasteiger partial charge in [0.25, 0.3) is 0 Å². The molecule has 0 aromatic carbocycles. The molecule has 1 aliphatic heterocycles. The summed E-state index contributed by atoms with van der Waals surface area (Å²) in [4.78, 5) is 14.0. The Labute approximate surface area is 114 Å². The van der Waals surface area contributed by atoms with Gasteiger partial charge in [-0.1, -0.05) is 13.8 Å². The van der Waals surface area contributed by atoms with Crippen LogP contribution in [0.25, 0.3) is 0 Å². The van der Waals surface area contributed by atoms with E-state index in [0.29, 0.717) is 32.4 Å². The summed E-state index contributed by atoms with van der Waals surface area (Å²) in [5, 5.41) is 9.89. The van der Waals surface area contributed by atoms with Crippen molar-refractivity contribution in [1.82, 2.24) is 4.90 Å². The largest absolute Gasteiger partial charge is 0.466 e. The molecule has 2 rings (SSSR count). The number of hydrogen-bond acceptors (Lipinski definition) is 3. The molecule has 1 aromatic heterocycles. The van der Waals surface area contributed by atoms with E-state index in [2.05, 4.69) is 0 Å². The van der Waals surface area contributed by atoms with Crippen molar-refractivity contribution in [2.24, 2.45) is 5.41 Å². The average Bonchev–Trinajstić information content (AvgIpc) is 2.75. The first kappa shape index (κ1) is 14.1. The second kappa shape index (κ2) is 5.37.